The molecule has 26 heavy (non-hydrogen) atoms. The van der Waals surface area contributed by atoms with E-state index in [-0.39, 0.29) is 11.2 Å². The van der Waals surface area contributed by atoms with Crippen LogP contribution in [0.15, 0.2) is 23.1 Å². The molecular formula is C19H21NO5S. The van der Waals surface area contributed by atoms with Crippen molar-refractivity contribution in [3.63, 3.8) is 0 Å². The monoisotopic (exact) mass is 375 g/mol. The Morgan fingerprint density at radius 2 is 2.04 bits per heavy atom. The maximum Gasteiger partial charge on any atom is 0.311 e. The number of nitrogens with one attached hydrogen (secondary N) is 1. The molecule has 6 nitrogen and oxygen atoms in total. The predicted octanol–water partition coefficient (Wildman–Crippen LogP) is 3.89. The Labute approximate surface area is 156 Å². The van der Waals surface area contributed by atoms with E-state index in [4.69, 9.17) is 9.47 Å². The molecule has 0 bridgehead atoms. The molecular weight excluding hydrogens is 354 g/mol. The number of carbonyl (C=O) groups is 3. The summed E-state index contributed by atoms with van der Waals surface area (Å²) in [5.41, 5.74) is 0.691. The van der Waals surface area contributed by atoms with Crippen LogP contribution in [0.5, 0.6) is 11.5 Å². The maximum atomic E-state index is 12.2. The zero-order valence-electron chi connectivity index (χ0n) is 14.6. The molecule has 1 aromatic rings. The predicted molar refractivity (Wildman–Crippen MR) is 98.9 cm³/mol. The Morgan fingerprint density at radius 3 is 2.69 bits per heavy atom. The average molecular weight is 375 g/mol. The summed E-state index contributed by atoms with van der Waals surface area (Å²) in [6.07, 6.45) is 6.56. The third-order valence-corrected chi connectivity index (χ3v) is 5.17. The van der Waals surface area contributed by atoms with E-state index in [1.165, 1.54) is 12.8 Å². The number of thioether (sulfide) groups is 1. The summed E-state index contributed by atoms with van der Waals surface area (Å²) < 4.78 is 11.1. The van der Waals surface area contributed by atoms with Crippen molar-refractivity contribution in [3.8, 4) is 11.5 Å². The zero-order chi connectivity index (χ0) is 18.5. The van der Waals surface area contributed by atoms with Crippen molar-refractivity contribution in [1.82, 2.24) is 5.32 Å². The van der Waals surface area contributed by atoms with E-state index in [2.05, 4.69) is 5.32 Å². The highest BCUT2D eigenvalue weighted by Crippen LogP contribution is 2.33. The molecule has 1 saturated carbocycles. The normalized spacial score (nSPS) is 19.0. The van der Waals surface area contributed by atoms with E-state index in [1.807, 2.05) is 6.92 Å². The Hall–Kier alpha value is -2.28. The van der Waals surface area contributed by atoms with Crippen LogP contribution in [0.3, 0.4) is 0 Å². The third-order valence-electron chi connectivity index (χ3n) is 4.36. The van der Waals surface area contributed by atoms with Gasteiger partial charge in [0, 0.05) is 6.42 Å². The number of ether oxygens (including phenoxy) is 2. The van der Waals surface area contributed by atoms with Crippen LogP contribution in [0.25, 0.3) is 6.08 Å². The van der Waals surface area contributed by atoms with Crippen LogP contribution in [0, 0.1) is 5.92 Å². The molecule has 1 saturated heterocycles. The smallest absolute Gasteiger partial charge is 0.311 e. The molecule has 1 aliphatic carbocycles. The lowest BCUT2D eigenvalue weighted by atomic mass is 10.0. The van der Waals surface area contributed by atoms with Crippen LogP contribution in [-0.4, -0.2) is 23.7 Å². The minimum absolute atomic E-state index is 0.250. The molecule has 0 atom stereocenters. The number of amides is 2. The fourth-order valence-electron chi connectivity index (χ4n) is 3.15. The van der Waals surface area contributed by atoms with Gasteiger partial charge >= 0.3 is 5.97 Å². The number of hydrogen-bond acceptors (Lipinski definition) is 6. The quantitative estimate of drug-likeness (QED) is 0.461. The number of carbonyl (C=O) groups excluding carboxylic acids is 3. The number of imide groups is 1. The lowest BCUT2D eigenvalue weighted by Crippen LogP contribution is -2.17. The van der Waals surface area contributed by atoms with E-state index >= 15 is 0 Å². The standard InChI is InChI=1S/C19H21NO5S/c1-2-24-15-9-13(10-16-18(22)20-19(23)26-16)7-8-14(15)25-17(21)11-12-5-3-4-6-12/h7-10,12H,2-6,11H2,1H3,(H,20,22,23)/b16-10-. The summed E-state index contributed by atoms with van der Waals surface area (Å²) in [5, 5.41) is 1.83. The van der Waals surface area contributed by atoms with Crippen molar-refractivity contribution in [2.45, 2.75) is 39.0 Å². The van der Waals surface area contributed by atoms with Gasteiger partial charge in [0.2, 0.25) is 0 Å². The van der Waals surface area contributed by atoms with Crippen LogP contribution in [-0.2, 0) is 9.59 Å². The molecule has 0 aromatic heterocycles. The van der Waals surface area contributed by atoms with Gasteiger partial charge in [-0.25, -0.2) is 0 Å². The lowest BCUT2D eigenvalue weighted by Gasteiger charge is -2.13. The van der Waals surface area contributed by atoms with Crippen molar-refractivity contribution >= 4 is 35.0 Å². The van der Waals surface area contributed by atoms with Gasteiger partial charge in [-0.1, -0.05) is 18.9 Å². The van der Waals surface area contributed by atoms with Gasteiger partial charge in [-0.3, -0.25) is 19.7 Å². The molecule has 2 fully saturated rings. The fourth-order valence-corrected chi connectivity index (χ4v) is 3.84. The first kappa shape index (κ1) is 18.5. The number of rotatable bonds is 6. The van der Waals surface area contributed by atoms with Crippen LogP contribution < -0.4 is 14.8 Å². The molecule has 2 aliphatic rings. The largest absolute Gasteiger partial charge is 0.490 e. The minimum atomic E-state index is -0.412. The fraction of sp³-hybridized carbons (Fsp3) is 0.421. The highest BCUT2D eigenvalue weighted by Gasteiger charge is 2.25. The Bertz CT molecular complexity index is 752. The van der Waals surface area contributed by atoms with E-state index < -0.39 is 5.91 Å². The van der Waals surface area contributed by atoms with Crippen molar-refractivity contribution in [2.75, 3.05) is 6.61 Å². The second kappa shape index (κ2) is 8.40. The van der Waals surface area contributed by atoms with Crippen LogP contribution in [0.2, 0.25) is 0 Å². The highest BCUT2D eigenvalue weighted by molar-refractivity contribution is 8.18. The van der Waals surface area contributed by atoms with Crippen molar-refractivity contribution in [2.24, 2.45) is 5.92 Å². The van der Waals surface area contributed by atoms with Gasteiger partial charge in [0.1, 0.15) is 0 Å². The van der Waals surface area contributed by atoms with E-state index in [9.17, 15) is 14.4 Å². The molecule has 1 N–H and O–H groups in total. The van der Waals surface area contributed by atoms with Gasteiger partial charge < -0.3 is 9.47 Å². The van der Waals surface area contributed by atoms with E-state index in [1.54, 1.807) is 24.3 Å². The SMILES string of the molecule is CCOc1cc(/C=C2\SC(=O)NC2=O)ccc1OC(=O)CC1CCCC1. The van der Waals surface area contributed by atoms with Gasteiger partial charge in [-0.15, -0.1) is 0 Å². The molecule has 1 aliphatic heterocycles. The molecule has 3 rings (SSSR count). The van der Waals surface area contributed by atoms with Gasteiger partial charge in [0.05, 0.1) is 11.5 Å². The summed E-state index contributed by atoms with van der Waals surface area (Å²) in [6.45, 7) is 2.26. The van der Waals surface area contributed by atoms with Gasteiger partial charge in [0.25, 0.3) is 11.1 Å². The summed E-state index contributed by atoms with van der Waals surface area (Å²) in [6, 6.07) is 5.08. The van der Waals surface area contributed by atoms with Crippen molar-refractivity contribution in [1.29, 1.82) is 0 Å². The van der Waals surface area contributed by atoms with Crippen LogP contribution in [0.4, 0.5) is 4.79 Å². The summed E-state index contributed by atoms with van der Waals surface area (Å²) in [7, 11) is 0. The van der Waals surface area contributed by atoms with Crippen LogP contribution >= 0.6 is 11.8 Å². The zero-order valence-corrected chi connectivity index (χ0v) is 15.4. The molecule has 1 heterocycles. The summed E-state index contributed by atoms with van der Waals surface area (Å²) >= 11 is 0.856. The first-order valence-corrected chi connectivity index (χ1v) is 9.59. The molecule has 0 spiro atoms. The van der Waals surface area contributed by atoms with Gasteiger partial charge in [-0.2, -0.15) is 0 Å². The topological polar surface area (TPSA) is 81.7 Å². The molecule has 1 aromatic carbocycles. The average Bonchev–Trinajstić information content (AvgIpc) is 3.20. The highest BCUT2D eigenvalue weighted by atomic mass is 32.2. The van der Waals surface area contributed by atoms with Crippen LogP contribution in [0.1, 0.15) is 44.6 Å². The Kier molecular flexibility index (Phi) is 5.98. The van der Waals surface area contributed by atoms with E-state index in [0.29, 0.717) is 40.9 Å². The second-order valence-corrected chi connectivity index (χ2v) is 7.33. The first-order valence-electron chi connectivity index (χ1n) is 8.77. The maximum absolute atomic E-state index is 12.2. The first-order chi connectivity index (χ1) is 12.5. The lowest BCUT2D eigenvalue weighted by molar-refractivity contribution is -0.135. The Morgan fingerprint density at radius 1 is 1.27 bits per heavy atom. The molecule has 0 unspecified atom stereocenters. The Balaban J connectivity index is 1.73. The number of esters is 1. The molecule has 7 heteroatoms. The van der Waals surface area contributed by atoms with E-state index in [0.717, 1.165) is 24.6 Å². The molecule has 0 radical (unpaired) electrons. The summed E-state index contributed by atoms with van der Waals surface area (Å²) in [4.78, 5) is 35.4. The second-order valence-electron chi connectivity index (χ2n) is 6.32. The third kappa shape index (κ3) is 4.66. The molecule has 2 amide bonds. The number of benzene rings is 1. The molecule has 138 valence electrons. The van der Waals surface area contributed by atoms with Gasteiger partial charge in [0.15, 0.2) is 11.5 Å². The van der Waals surface area contributed by atoms with Gasteiger partial charge in [-0.05, 0) is 61.2 Å². The number of hydrogen-bond donors (Lipinski definition) is 1. The minimum Gasteiger partial charge on any atom is -0.490 e. The summed E-state index contributed by atoms with van der Waals surface area (Å²) in [5.74, 6) is 0.566. The van der Waals surface area contributed by atoms with Crippen molar-refractivity contribution < 1.29 is 23.9 Å². The van der Waals surface area contributed by atoms with Crippen molar-refractivity contribution in [3.05, 3.63) is 28.7 Å².